The van der Waals surface area contributed by atoms with Gasteiger partial charge >= 0.3 is 0 Å². The molecule has 0 spiro atoms. The molecule has 1 unspecified atom stereocenters. The Morgan fingerprint density at radius 1 is 1.47 bits per heavy atom. The first-order chi connectivity index (χ1) is 7.33. The van der Waals surface area contributed by atoms with Crippen molar-refractivity contribution >= 4 is 5.91 Å². The van der Waals surface area contributed by atoms with E-state index in [1.54, 1.807) is 0 Å². The molecule has 0 saturated carbocycles. The molecule has 4 heteroatoms. The summed E-state index contributed by atoms with van der Waals surface area (Å²) in [6.07, 6.45) is 4.49. The highest BCUT2D eigenvalue weighted by molar-refractivity contribution is 5.75. The van der Waals surface area contributed by atoms with Gasteiger partial charge in [-0.2, -0.15) is 0 Å². The number of amides is 1. The van der Waals surface area contributed by atoms with Gasteiger partial charge in [0.2, 0.25) is 5.91 Å². The standard InChI is InChI=1S/C11H22N2O2/c14-8-2-1-6-13-11(15)4-3-10-5-7-12-9-10/h10,12,14H,1-9H2,(H,13,15). The monoisotopic (exact) mass is 214 g/mol. The van der Waals surface area contributed by atoms with Crippen molar-refractivity contribution in [2.24, 2.45) is 5.92 Å². The van der Waals surface area contributed by atoms with Crippen molar-refractivity contribution in [1.29, 1.82) is 0 Å². The second-order valence-corrected chi connectivity index (χ2v) is 4.18. The summed E-state index contributed by atoms with van der Waals surface area (Å²) in [4.78, 5) is 11.4. The van der Waals surface area contributed by atoms with Gasteiger partial charge in [0.25, 0.3) is 0 Å². The second-order valence-electron chi connectivity index (χ2n) is 4.18. The summed E-state index contributed by atoms with van der Waals surface area (Å²) in [6, 6.07) is 0. The van der Waals surface area contributed by atoms with Gasteiger partial charge in [-0.3, -0.25) is 4.79 Å². The van der Waals surface area contributed by atoms with Crippen molar-refractivity contribution in [1.82, 2.24) is 10.6 Å². The van der Waals surface area contributed by atoms with E-state index in [1.807, 2.05) is 0 Å². The lowest BCUT2D eigenvalue weighted by molar-refractivity contribution is -0.121. The van der Waals surface area contributed by atoms with Crippen LogP contribution in [0.15, 0.2) is 0 Å². The van der Waals surface area contributed by atoms with Crippen molar-refractivity contribution in [3.05, 3.63) is 0 Å². The summed E-state index contributed by atoms with van der Waals surface area (Å²) < 4.78 is 0. The minimum Gasteiger partial charge on any atom is -0.396 e. The van der Waals surface area contributed by atoms with E-state index in [1.165, 1.54) is 6.42 Å². The third-order valence-electron chi connectivity index (χ3n) is 2.85. The van der Waals surface area contributed by atoms with Crippen LogP contribution in [0.25, 0.3) is 0 Å². The van der Waals surface area contributed by atoms with E-state index in [2.05, 4.69) is 10.6 Å². The Morgan fingerprint density at radius 2 is 2.33 bits per heavy atom. The lowest BCUT2D eigenvalue weighted by Gasteiger charge is -2.08. The molecule has 15 heavy (non-hydrogen) atoms. The van der Waals surface area contributed by atoms with Crippen LogP contribution in [-0.4, -0.2) is 37.3 Å². The van der Waals surface area contributed by atoms with E-state index in [9.17, 15) is 4.79 Å². The van der Waals surface area contributed by atoms with Gasteiger partial charge < -0.3 is 15.7 Å². The molecule has 0 aromatic heterocycles. The Kier molecular flexibility index (Phi) is 6.36. The van der Waals surface area contributed by atoms with E-state index in [4.69, 9.17) is 5.11 Å². The minimum absolute atomic E-state index is 0.153. The summed E-state index contributed by atoms with van der Waals surface area (Å²) in [5, 5.41) is 14.7. The zero-order valence-corrected chi connectivity index (χ0v) is 9.30. The van der Waals surface area contributed by atoms with Gasteiger partial charge in [-0.15, -0.1) is 0 Å². The van der Waals surface area contributed by atoms with Crippen LogP contribution in [0.1, 0.15) is 32.1 Å². The van der Waals surface area contributed by atoms with Crippen LogP contribution in [0.5, 0.6) is 0 Å². The molecule has 1 heterocycles. The largest absolute Gasteiger partial charge is 0.396 e. The molecule has 0 bridgehead atoms. The number of aliphatic hydroxyl groups is 1. The number of nitrogens with one attached hydrogen (secondary N) is 2. The smallest absolute Gasteiger partial charge is 0.220 e. The van der Waals surface area contributed by atoms with Crippen molar-refractivity contribution in [2.75, 3.05) is 26.2 Å². The highest BCUT2D eigenvalue weighted by Crippen LogP contribution is 2.13. The van der Waals surface area contributed by atoms with Gasteiger partial charge in [0, 0.05) is 19.6 Å². The maximum absolute atomic E-state index is 11.4. The molecule has 88 valence electrons. The third-order valence-corrected chi connectivity index (χ3v) is 2.85. The first-order valence-electron chi connectivity index (χ1n) is 5.91. The van der Waals surface area contributed by atoms with E-state index in [0.29, 0.717) is 18.9 Å². The topological polar surface area (TPSA) is 61.4 Å². The SMILES string of the molecule is O=C(CCC1CCNC1)NCCCCO. The number of unbranched alkanes of at least 4 members (excludes halogenated alkanes) is 1. The molecule has 1 amide bonds. The van der Waals surface area contributed by atoms with E-state index in [-0.39, 0.29) is 12.5 Å². The highest BCUT2D eigenvalue weighted by Gasteiger charge is 2.15. The zero-order valence-electron chi connectivity index (χ0n) is 9.30. The van der Waals surface area contributed by atoms with Crippen LogP contribution >= 0.6 is 0 Å². The van der Waals surface area contributed by atoms with Gasteiger partial charge in [-0.05, 0) is 44.7 Å². The average Bonchev–Trinajstić information content (AvgIpc) is 2.74. The van der Waals surface area contributed by atoms with Gasteiger partial charge in [0.05, 0.1) is 0 Å². The molecule has 0 radical (unpaired) electrons. The maximum Gasteiger partial charge on any atom is 0.220 e. The lowest BCUT2D eigenvalue weighted by Crippen LogP contribution is -2.25. The fourth-order valence-electron chi connectivity index (χ4n) is 1.85. The molecule has 0 aromatic carbocycles. The second kappa shape index (κ2) is 7.65. The van der Waals surface area contributed by atoms with Crippen molar-refractivity contribution in [3.8, 4) is 0 Å². The molecule has 1 saturated heterocycles. The Hall–Kier alpha value is -0.610. The molecule has 1 aliphatic heterocycles. The van der Waals surface area contributed by atoms with E-state index >= 15 is 0 Å². The fourth-order valence-corrected chi connectivity index (χ4v) is 1.85. The van der Waals surface area contributed by atoms with Crippen LogP contribution in [0, 0.1) is 5.92 Å². The molecule has 1 rings (SSSR count). The average molecular weight is 214 g/mol. The molecule has 0 aliphatic carbocycles. The third kappa shape index (κ3) is 5.74. The van der Waals surface area contributed by atoms with Crippen LogP contribution in [0.2, 0.25) is 0 Å². The molecule has 1 aliphatic rings. The first kappa shape index (κ1) is 12.5. The summed E-state index contributed by atoms with van der Waals surface area (Å²) in [5.41, 5.74) is 0. The Balaban J connectivity index is 1.93. The summed E-state index contributed by atoms with van der Waals surface area (Å²) >= 11 is 0. The molecule has 4 nitrogen and oxygen atoms in total. The molecule has 1 atom stereocenters. The zero-order chi connectivity index (χ0) is 10.9. The predicted molar refractivity (Wildman–Crippen MR) is 59.5 cm³/mol. The van der Waals surface area contributed by atoms with Crippen molar-refractivity contribution in [2.45, 2.75) is 32.1 Å². The fraction of sp³-hybridized carbons (Fsp3) is 0.909. The Morgan fingerprint density at radius 3 is 3.00 bits per heavy atom. The van der Waals surface area contributed by atoms with Gasteiger partial charge in [0.15, 0.2) is 0 Å². The van der Waals surface area contributed by atoms with Gasteiger partial charge in [0.1, 0.15) is 0 Å². The van der Waals surface area contributed by atoms with Crippen molar-refractivity contribution < 1.29 is 9.90 Å². The van der Waals surface area contributed by atoms with E-state index < -0.39 is 0 Å². The maximum atomic E-state index is 11.4. The number of carbonyl (C=O) groups excluding carboxylic acids is 1. The number of aliphatic hydroxyl groups excluding tert-OH is 1. The molecular formula is C11H22N2O2. The molecule has 1 fully saturated rings. The minimum atomic E-state index is 0.153. The molecule has 3 N–H and O–H groups in total. The van der Waals surface area contributed by atoms with Gasteiger partial charge in [-0.1, -0.05) is 0 Å². The number of hydrogen-bond donors (Lipinski definition) is 3. The van der Waals surface area contributed by atoms with Crippen molar-refractivity contribution in [3.63, 3.8) is 0 Å². The normalized spacial score (nSPS) is 20.5. The first-order valence-corrected chi connectivity index (χ1v) is 5.91. The van der Waals surface area contributed by atoms with Crippen LogP contribution in [0.4, 0.5) is 0 Å². The van der Waals surface area contributed by atoms with Gasteiger partial charge in [-0.25, -0.2) is 0 Å². The number of carbonyl (C=O) groups is 1. The van der Waals surface area contributed by atoms with Crippen LogP contribution in [-0.2, 0) is 4.79 Å². The molecule has 0 aromatic rings. The summed E-state index contributed by atoms with van der Waals surface area (Å²) in [7, 11) is 0. The Labute approximate surface area is 91.4 Å². The van der Waals surface area contributed by atoms with Crippen LogP contribution < -0.4 is 10.6 Å². The summed E-state index contributed by atoms with van der Waals surface area (Å²) in [6.45, 7) is 3.08. The summed E-state index contributed by atoms with van der Waals surface area (Å²) in [5.74, 6) is 0.841. The highest BCUT2D eigenvalue weighted by atomic mass is 16.2. The van der Waals surface area contributed by atoms with Crippen LogP contribution in [0.3, 0.4) is 0 Å². The van der Waals surface area contributed by atoms with E-state index in [0.717, 1.165) is 32.4 Å². The number of rotatable bonds is 7. The molecular weight excluding hydrogens is 192 g/mol. The Bertz CT molecular complexity index is 179. The predicted octanol–water partition coefficient (Wildman–Crippen LogP) is 0.265. The lowest BCUT2D eigenvalue weighted by atomic mass is 10.0. The number of hydrogen-bond acceptors (Lipinski definition) is 3. The quantitative estimate of drug-likeness (QED) is 0.533.